The Morgan fingerprint density at radius 3 is 2.57 bits per heavy atom. The van der Waals surface area contributed by atoms with Crippen LogP contribution in [0.5, 0.6) is 0 Å². The van der Waals surface area contributed by atoms with Crippen LogP contribution in [-0.4, -0.2) is 29.9 Å². The van der Waals surface area contributed by atoms with Gasteiger partial charge in [-0.15, -0.1) is 0 Å². The van der Waals surface area contributed by atoms with Gasteiger partial charge in [0.2, 0.25) is 5.91 Å². The first kappa shape index (κ1) is 14.0. The largest absolute Gasteiger partial charge is 0.342 e. The van der Waals surface area contributed by atoms with Crippen molar-refractivity contribution in [2.75, 3.05) is 13.1 Å². The molecular weight excluding hydrogens is 260 g/mol. The highest BCUT2D eigenvalue weighted by Gasteiger charge is 2.58. The smallest absolute Gasteiger partial charge is 0.225 e. The topological polar surface area (TPSA) is 46.3 Å². The lowest BCUT2D eigenvalue weighted by molar-refractivity contribution is -0.140. The summed E-state index contributed by atoms with van der Waals surface area (Å²) in [7, 11) is 0. The molecule has 3 saturated carbocycles. The van der Waals surface area contributed by atoms with Crippen LogP contribution < -0.4 is 5.73 Å². The molecule has 3 nitrogen and oxygen atoms in total. The van der Waals surface area contributed by atoms with Crippen LogP contribution in [0.2, 0.25) is 0 Å². The number of fused-ring (bicyclic) bond motifs is 3. The van der Waals surface area contributed by atoms with Crippen LogP contribution >= 0.6 is 0 Å². The van der Waals surface area contributed by atoms with E-state index in [1.807, 2.05) is 0 Å². The predicted octanol–water partition coefficient (Wildman–Crippen LogP) is 2.93. The van der Waals surface area contributed by atoms with Gasteiger partial charge in [0.1, 0.15) is 0 Å². The molecule has 118 valence electrons. The van der Waals surface area contributed by atoms with Crippen molar-refractivity contribution < 1.29 is 4.79 Å². The average molecular weight is 290 g/mol. The number of hydrogen-bond acceptors (Lipinski definition) is 2. The maximum absolute atomic E-state index is 12.9. The van der Waals surface area contributed by atoms with Crippen molar-refractivity contribution in [1.82, 2.24) is 4.90 Å². The summed E-state index contributed by atoms with van der Waals surface area (Å²) in [4.78, 5) is 15.0. The number of carbonyl (C=O) groups is 1. The molecule has 2 N–H and O–H groups in total. The van der Waals surface area contributed by atoms with Crippen molar-refractivity contribution in [2.24, 2.45) is 28.9 Å². The molecule has 5 atom stereocenters. The second kappa shape index (κ2) is 5.26. The summed E-state index contributed by atoms with van der Waals surface area (Å²) in [6, 6.07) is 0.383. The Morgan fingerprint density at radius 2 is 1.86 bits per heavy atom. The SMILES string of the molecule is N[C@@H]1C2CC[C@@H](C2)[C@]12CCCC(C(=O)N1CCCCC1)C2. The minimum atomic E-state index is 0.280. The Labute approximate surface area is 128 Å². The monoisotopic (exact) mass is 290 g/mol. The van der Waals surface area contributed by atoms with Crippen molar-refractivity contribution >= 4 is 5.91 Å². The van der Waals surface area contributed by atoms with Gasteiger partial charge >= 0.3 is 0 Å². The Hall–Kier alpha value is -0.570. The van der Waals surface area contributed by atoms with E-state index in [9.17, 15) is 4.79 Å². The number of nitrogens with two attached hydrogens (primary N) is 1. The first-order chi connectivity index (χ1) is 10.2. The van der Waals surface area contributed by atoms with Gasteiger partial charge < -0.3 is 10.6 Å². The molecule has 1 spiro atoms. The normalized spacial score (nSPS) is 46.2. The maximum atomic E-state index is 12.9. The minimum Gasteiger partial charge on any atom is -0.342 e. The lowest BCUT2D eigenvalue weighted by Gasteiger charge is -2.48. The second-order valence-corrected chi connectivity index (χ2v) is 8.21. The number of piperidine rings is 1. The molecule has 3 heteroatoms. The van der Waals surface area contributed by atoms with Gasteiger partial charge in [0, 0.05) is 25.0 Å². The van der Waals surface area contributed by atoms with Crippen molar-refractivity contribution in [2.45, 2.75) is 70.3 Å². The van der Waals surface area contributed by atoms with Gasteiger partial charge in [-0.1, -0.05) is 6.42 Å². The maximum Gasteiger partial charge on any atom is 0.225 e. The molecule has 0 aromatic carbocycles. The molecule has 1 aliphatic heterocycles. The molecule has 0 radical (unpaired) electrons. The van der Waals surface area contributed by atoms with Gasteiger partial charge in [-0.05, 0) is 75.0 Å². The van der Waals surface area contributed by atoms with Crippen LogP contribution in [0.15, 0.2) is 0 Å². The summed E-state index contributed by atoms with van der Waals surface area (Å²) in [5.74, 6) is 2.33. The van der Waals surface area contributed by atoms with E-state index in [2.05, 4.69) is 4.90 Å². The Morgan fingerprint density at radius 1 is 1.05 bits per heavy atom. The van der Waals surface area contributed by atoms with Gasteiger partial charge in [0.25, 0.3) is 0 Å². The molecule has 4 aliphatic rings. The highest BCUT2D eigenvalue weighted by atomic mass is 16.2. The van der Waals surface area contributed by atoms with Crippen molar-refractivity contribution in [3.63, 3.8) is 0 Å². The van der Waals surface area contributed by atoms with Crippen LogP contribution in [0.3, 0.4) is 0 Å². The molecule has 3 aliphatic carbocycles. The second-order valence-electron chi connectivity index (χ2n) is 8.21. The van der Waals surface area contributed by atoms with E-state index in [0.29, 0.717) is 17.4 Å². The molecule has 21 heavy (non-hydrogen) atoms. The number of nitrogens with zero attached hydrogens (tertiary/aromatic N) is 1. The van der Waals surface area contributed by atoms with Crippen molar-refractivity contribution in [3.8, 4) is 0 Å². The molecule has 4 fully saturated rings. The summed E-state index contributed by atoms with van der Waals surface area (Å²) in [6.07, 6.45) is 12.5. The van der Waals surface area contributed by atoms with Crippen LogP contribution in [-0.2, 0) is 4.79 Å². The molecule has 1 heterocycles. The number of rotatable bonds is 1. The summed E-state index contributed by atoms with van der Waals surface area (Å²) in [5, 5.41) is 0. The standard InChI is InChI=1S/C18H30N2O/c19-16-13-6-7-15(11-13)18(16)8-4-5-14(12-18)17(21)20-9-2-1-3-10-20/h13-16H,1-12,19H2/t13?,14?,15-,16+,18+/m0/s1. The van der Waals surface area contributed by atoms with Gasteiger partial charge in [-0.3, -0.25) is 4.79 Å². The van der Waals surface area contributed by atoms with Gasteiger partial charge in [-0.25, -0.2) is 0 Å². The van der Waals surface area contributed by atoms with Crippen LogP contribution in [0.4, 0.5) is 0 Å². The van der Waals surface area contributed by atoms with E-state index >= 15 is 0 Å². The quantitative estimate of drug-likeness (QED) is 0.807. The van der Waals surface area contributed by atoms with E-state index < -0.39 is 0 Å². The van der Waals surface area contributed by atoms with Crippen molar-refractivity contribution in [3.05, 3.63) is 0 Å². The fourth-order valence-corrected chi connectivity index (χ4v) is 6.20. The Kier molecular flexibility index (Phi) is 3.52. The number of amides is 1. The Balaban J connectivity index is 1.49. The van der Waals surface area contributed by atoms with E-state index in [1.165, 1.54) is 51.4 Å². The number of carbonyl (C=O) groups excluding carboxylic acids is 1. The van der Waals surface area contributed by atoms with Gasteiger partial charge in [-0.2, -0.15) is 0 Å². The highest BCUT2D eigenvalue weighted by molar-refractivity contribution is 5.79. The molecule has 1 saturated heterocycles. The summed E-state index contributed by atoms with van der Waals surface area (Å²) < 4.78 is 0. The predicted molar refractivity (Wildman–Crippen MR) is 83.6 cm³/mol. The van der Waals surface area contributed by atoms with E-state index in [-0.39, 0.29) is 5.92 Å². The zero-order valence-corrected chi connectivity index (χ0v) is 13.2. The average Bonchev–Trinajstić information content (AvgIpc) is 3.11. The van der Waals surface area contributed by atoms with E-state index in [0.717, 1.165) is 37.8 Å². The molecule has 2 unspecified atom stereocenters. The van der Waals surface area contributed by atoms with Crippen molar-refractivity contribution in [1.29, 1.82) is 0 Å². The third-order valence-corrected chi connectivity index (χ3v) is 7.30. The lowest BCUT2D eigenvalue weighted by Crippen LogP contribution is -2.51. The number of hydrogen-bond donors (Lipinski definition) is 1. The zero-order valence-electron chi connectivity index (χ0n) is 13.2. The van der Waals surface area contributed by atoms with E-state index in [1.54, 1.807) is 0 Å². The molecule has 0 aromatic rings. The first-order valence-electron chi connectivity index (χ1n) is 9.25. The lowest BCUT2D eigenvalue weighted by atomic mass is 9.59. The van der Waals surface area contributed by atoms with Crippen LogP contribution in [0.1, 0.15) is 64.2 Å². The first-order valence-corrected chi connectivity index (χ1v) is 9.25. The molecule has 0 aromatic heterocycles. The molecule has 1 amide bonds. The fraction of sp³-hybridized carbons (Fsp3) is 0.944. The zero-order chi connectivity index (χ0) is 14.4. The van der Waals surface area contributed by atoms with Crippen LogP contribution in [0, 0.1) is 23.2 Å². The van der Waals surface area contributed by atoms with Gasteiger partial charge in [0.05, 0.1) is 0 Å². The highest BCUT2D eigenvalue weighted by Crippen LogP contribution is 2.61. The minimum absolute atomic E-state index is 0.280. The van der Waals surface area contributed by atoms with Crippen LogP contribution in [0.25, 0.3) is 0 Å². The Bertz CT molecular complexity index is 413. The molecular formula is C18H30N2O. The fourth-order valence-electron chi connectivity index (χ4n) is 6.20. The summed E-state index contributed by atoms with van der Waals surface area (Å²) in [5.41, 5.74) is 6.98. The van der Waals surface area contributed by atoms with E-state index in [4.69, 9.17) is 5.73 Å². The number of likely N-dealkylation sites (tertiary alicyclic amines) is 1. The van der Waals surface area contributed by atoms with Gasteiger partial charge in [0.15, 0.2) is 0 Å². The third-order valence-electron chi connectivity index (χ3n) is 7.30. The molecule has 2 bridgehead atoms. The summed E-state index contributed by atoms with van der Waals surface area (Å²) >= 11 is 0. The molecule has 4 rings (SSSR count). The third kappa shape index (κ3) is 2.15. The summed E-state index contributed by atoms with van der Waals surface area (Å²) in [6.45, 7) is 2.00.